The third-order valence-corrected chi connectivity index (χ3v) is 4.01. The fraction of sp³-hybridized carbons (Fsp3) is 0. The molecule has 0 saturated heterocycles. The van der Waals surface area contributed by atoms with Crippen molar-refractivity contribution in [2.45, 2.75) is 4.90 Å². The minimum Gasteiger partial charge on any atom is -0.293 e. The van der Waals surface area contributed by atoms with Crippen LogP contribution in [0.25, 0.3) is 10.6 Å². The molecule has 0 aliphatic carbocycles. The number of hydrogen-bond donors (Lipinski definition) is 1. The normalized spacial score (nSPS) is 10.3. The van der Waals surface area contributed by atoms with Crippen LogP contribution in [-0.2, 0) is 0 Å². The minimum atomic E-state index is 0.651. The first-order chi connectivity index (χ1) is 9.42. The summed E-state index contributed by atoms with van der Waals surface area (Å²) in [6.45, 7) is 0. The van der Waals surface area contributed by atoms with Crippen LogP contribution in [0, 0.1) is 0 Å². The average Bonchev–Trinajstić information content (AvgIpc) is 2.96. The number of anilines is 1. The van der Waals surface area contributed by atoms with Crippen molar-refractivity contribution in [2.75, 3.05) is 4.72 Å². The van der Waals surface area contributed by atoms with Gasteiger partial charge in [0.2, 0.25) is 5.95 Å². The van der Waals surface area contributed by atoms with Crippen molar-refractivity contribution in [3.05, 3.63) is 60.7 Å². The largest absolute Gasteiger partial charge is 0.293 e. The molecule has 3 aromatic rings. The maximum absolute atomic E-state index is 4.47. The molecule has 5 heteroatoms. The van der Waals surface area contributed by atoms with Gasteiger partial charge in [0.1, 0.15) is 5.01 Å². The van der Waals surface area contributed by atoms with Gasteiger partial charge < -0.3 is 0 Å². The Morgan fingerprint density at radius 2 is 1.58 bits per heavy atom. The quantitative estimate of drug-likeness (QED) is 0.724. The molecule has 0 saturated carbocycles. The maximum Gasteiger partial charge on any atom is 0.245 e. The van der Waals surface area contributed by atoms with Crippen LogP contribution in [0.3, 0.4) is 0 Å². The third-order valence-electron chi connectivity index (χ3n) is 2.45. The van der Waals surface area contributed by atoms with Crippen molar-refractivity contribution in [3.8, 4) is 10.6 Å². The Kier molecular flexibility index (Phi) is 3.76. The summed E-state index contributed by atoms with van der Waals surface area (Å²) in [5, 5.41) is 0.928. The molecule has 3 rings (SSSR count). The molecule has 3 nitrogen and oxygen atoms in total. The lowest BCUT2D eigenvalue weighted by molar-refractivity contribution is 1.33. The molecule has 94 valence electrons. The van der Waals surface area contributed by atoms with Gasteiger partial charge in [-0.05, 0) is 35.6 Å². The monoisotopic (exact) mass is 285 g/mol. The Balaban J connectivity index is 1.69. The molecular weight excluding hydrogens is 274 g/mol. The van der Waals surface area contributed by atoms with Gasteiger partial charge in [-0.1, -0.05) is 48.5 Å². The van der Waals surface area contributed by atoms with Gasteiger partial charge in [-0.25, -0.2) is 0 Å². The first-order valence-corrected chi connectivity index (χ1v) is 7.38. The number of benzene rings is 2. The number of hydrogen-bond acceptors (Lipinski definition) is 5. The number of nitrogens with one attached hydrogen (secondary N) is 1. The van der Waals surface area contributed by atoms with E-state index in [2.05, 4.69) is 14.1 Å². The summed E-state index contributed by atoms with van der Waals surface area (Å²) in [6, 6.07) is 20.2. The molecule has 0 fully saturated rings. The zero-order valence-electron chi connectivity index (χ0n) is 9.98. The van der Waals surface area contributed by atoms with Crippen LogP contribution >= 0.6 is 23.5 Å². The van der Waals surface area contributed by atoms with Gasteiger partial charge in [0.25, 0.3) is 0 Å². The van der Waals surface area contributed by atoms with Gasteiger partial charge in [0.05, 0.1) is 0 Å². The number of aromatic nitrogens is 2. The van der Waals surface area contributed by atoms with Crippen molar-refractivity contribution >= 4 is 29.4 Å². The highest BCUT2D eigenvalue weighted by Gasteiger charge is 2.05. The van der Waals surface area contributed by atoms with Crippen LogP contribution in [0.2, 0.25) is 0 Å². The van der Waals surface area contributed by atoms with Crippen LogP contribution in [0.4, 0.5) is 5.95 Å². The van der Waals surface area contributed by atoms with E-state index in [0.29, 0.717) is 5.95 Å². The highest BCUT2D eigenvalue weighted by atomic mass is 32.2. The lowest BCUT2D eigenvalue weighted by Gasteiger charge is -1.99. The third kappa shape index (κ3) is 3.13. The van der Waals surface area contributed by atoms with Gasteiger partial charge in [-0.15, -0.1) is 0 Å². The Morgan fingerprint density at radius 3 is 2.32 bits per heavy atom. The van der Waals surface area contributed by atoms with Crippen molar-refractivity contribution in [1.29, 1.82) is 0 Å². The Labute approximate surface area is 120 Å². The van der Waals surface area contributed by atoms with Gasteiger partial charge in [-0.2, -0.15) is 9.36 Å². The van der Waals surface area contributed by atoms with E-state index in [1.807, 2.05) is 60.7 Å². The van der Waals surface area contributed by atoms with Crippen LogP contribution in [0.5, 0.6) is 0 Å². The van der Waals surface area contributed by atoms with E-state index in [4.69, 9.17) is 0 Å². The van der Waals surface area contributed by atoms with E-state index in [1.54, 1.807) is 0 Å². The van der Waals surface area contributed by atoms with Crippen molar-refractivity contribution in [2.24, 2.45) is 0 Å². The highest BCUT2D eigenvalue weighted by molar-refractivity contribution is 8.00. The molecule has 19 heavy (non-hydrogen) atoms. The van der Waals surface area contributed by atoms with Crippen LogP contribution in [0.1, 0.15) is 0 Å². The molecule has 1 aromatic heterocycles. The van der Waals surface area contributed by atoms with Gasteiger partial charge >= 0.3 is 0 Å². The molecule has 2 aromatic carbocycles. The van der Waals surface area contributed by atoms with Gasteiger partial charge in [-0.3, -0.25) is 4.72 Å². The second-order valence-corrected chi connectivity index (χ2v) is 5.44. The molecule has 1 N–H and O–H groups in total. The van der Waals surface area contributed by atoms with Crippen LogP contribution < -0.4 is 4.72 Å². The Morgan fingerprint density at radius 1 is 0.895 bits per heavy atom. The summed E-state index contributed by atoms with van der Waals surface area (Å²) < 4.78 is 7.46. The fourth-order valence-electron chi connectivity index (χ4n) is 1.56. The second-order valence-electron chi connectivity index (χ2n) is 3.81. The molecule has 0 radical (unpaired) electrons. The van der Waals surface area contributed by atoms with Crippen LogP contribution in [0.15, 0.2) is 65.6 Å². The lowest BCUT2D eigenvalue weighted by Crippen LogP contribution is -1.88. The summed E-state index contributed by atoms with van der Waals surface area (Å²) in [6.07, 6.45) is 0. The minimum absolute atomic E-state index is 0.651. The SMILES string of the molecule is c1ccc(SNc2nsc(-c3ccccc3)n2)cc1. The zero-order valence-corrected chi connectivity index (χ0v) is 11.6. The zero-order chi connectivity index (χ0) is 12.9. The molecule has 0 unspecified atom stereocenters. The summed E-state index contributed by atoms with van der Waals surface area (Å²) >= 11 is 2.91. The lowest BCUT2D eigenvalue weighted by atomic mass is 10.2. The molecular formula is C14H11N3S2. The fourth-order valence-corrected chi connectivity index (χ4v) is 2.84. The maximum atomic E-state index is 4.47. The van der Waals surface area contributed by atoms with E-state index < -0.39 is 0 Å². The summed E-state index contributed by atoms with van der Waals surface area (Å²) in [5.41, 5.74) is 1.10. The molecule has 0 amide bonds. The molecule has 0 aliphatic heterocycles. The smallest absolute Gasteiger partial charge is 0.245 e. The van der Waals surface area contributed by atoms with E-state index in [9.17, 15) is 0 Å². The first-order valence-electron chi connectivity index (χ1n) is 5.79. The predicted octanol–water partition coefficient (Wildman–Crippen LogP) is 4.32. The number of rotatable bonds is 4. The van der Waals surface area contributed by atoms with Crippen molar-refractivity contribution in [3.63, 3.8) is 0 Å². The average molecular weight is 285 g/mol. The molecule has 1 heterocycles. The van der Waals surface area contributed by atoms with Crippen LogP contribution in [-0.4, -0.2) is 9.36 Å². The van der Waals surface area contributed by atoms with E-state index in [0.717, 1.165) is 15.5 Å². The van der Waals surface area contributed by atoms with E-state index in [-0.39, 0.29) is 0 Å². The topological polar surface area (TPSA) is 37.8 Å². The predicted molar refractivity (Wildman–Crippen MR) is 81.3 cm³/mol. The van der Waals surface area contributed by atoms with Crippen molar-refractivity contribution < 1.29 is 0 Å². The Bertz CT molecular complexity index is 638. The standard InChI is InChI=1S/C14H11N3S2/c1-3-7-11(8-4-1)13-15-14(17-19-13)16-18-12-9-5-2-6-10-12/h1-10H,(H,16,17). The summed E-state index contributed by atoms with van der Waals surface area (Å²) in [4.78, 5) is 5.61. The molecule has 0 spiro atoms. The van der Waals surface area contributed by atoms with Crippen molar-refractivity contribution in [1.82, 2.24) is 9.36 Å². The molecule has 0 atom stereocenters. The highest BCUT2D eigenvalue weighted by Crippen LogP contribution is 2.25. The first kappa shape index (κ1) is 12.2. The Hall–Kier alpha value is -1.85. The number of nitrogens with zero attached hydrogens (tertiary/aromatic N) is 2. The van der Waals surface area contributed by atoms with Gasteiger partial charge in [0, 0.05) is 10.5 Å². The molecule has 0 bridgehead atoms. The second kappa shape index (κ2) is 5.86. The van der Waals surface area contributed by atoms with E-state index in [1.165, 1.54) is 23.5 Å². The summed E-state index contributed by atoms with van der Waals surface area (Å²) in [5.74, 6) is 0.651. The van der Waals surface area contributed by atoms with Gasteiger partial charge in [0.15, 0.2) is 0 Å². The molecule has 0 aliphatic rings. The van der Waals surface area contributed by atoms with E-state index >= 15 is 0 Å². The summed E-state index contributed by atoms with van der Waals surface area (Å²) in [7, 11) is 0.